The molecule has 6 heteroatoms. The first-order chi connectivity index (χ1) is 7.56. The van der Waals surface area contributed by atoms with Crippen molar-refractivity contribution in [1.82, 2.24) is 5.32 Å². The third-order valence-corrected chi connectivity index (χ3v) is 3.49. The van der Waals surface area contributed by atoms with Crippen LogP contribution < -0.4 is 5.32 Å². The van der Waals surface area contributed by atoms with E-state index in [4.69, 9.17) is 5.11 Å². The van der Waals surface area contributed by atoms with Gasteiger partial charge in [-0.15, -0.1) is 0 Å². The number of hydrogen-bond donors (Lipinski definition) is 2. The highest BCUT2D eigenvalue weighted by atomic mass is 19.4. The molecule has 0 radical (unpaired) electrons. The molecule has 0 unspecified atom stereocenters. The van der Waals surface area contributed by atoms with E-state index in [-0.39, 0.29) is 18.3 Å². The average molecular weight is 253 g/mol. The van der Waals surface area contributed by atoms with Crippen molar-refractivity contribution in [3.8, 4) is 0 Å². The van der Waals surface area contributed by atoms with Crippen molar-refractivity contribution in [1.29, 1.82) is 0 Å². The molecular formula is C11H18F3NO2. The zero-order valence-electron chi connectivity index (χ0n) is 10.0. The Labute approximate surface area is 98.4 Å². The number of carboxylic acid groups (broad SMARTS) is 1. The van der Waals surface area contributed by atoms with E-state index in [1.165, 1.54) is 0 Å². The summed E-state index contributed by atoms with van der Waals surface area (Å²) in [7, 11) is 0. The van der Waals surface area contributed by atoms with Crippen molar-refractivity contribution >= 4 is 5.97 Å². The Morgan fingerprint density at radius 1 is 1.24 bits per heavy atom. The highest BCUT2D eigenvalue weighted by molar-refractivity contribution is 5.79. The number of alkyl halides is 3. The van der Waals surface area contributed by atoms with Crippen molar-refractivity contribution in [2.75, 3.05) is 6.54 Å². The highest BCUT2D eigenvalue weighted by Crippen LogP contribution is 2.40. The Kier molecular flexibility index (Phi) is 3.76. The number of hydrogen-bond acceptors (Lipinski definition) is 2. The molecule has 100 valence electrons. The molecule has 1 aliphatic carbocycles. The van der Waals surface area contributed by atoms with E-state index < -0.39 is 24.2 Å². The van der Waals surface area contributed by atoms with Crippen LogP contribution in [0.15, 0.2) is 0 Å². The van der Waals surface area contributed by atoms with Gasteiger partial charge in [0.2, 0.25) is 0 Å². The van der Waals surface area contributed by atoms with E-state index in [1.807, 2.05) is 13.8 Å². The summed E-state index contributed by atoms with van der Waals surface area (Å²) in [4.78, 5) is 11.2. The second-order valence-electron chi connectivity index (χ2n) is 5.52. The number of carboxylic acids is 1. The van der Waals surface area contributed by atoms with Gasteiger partial charge in [0.1, 0.15) is 5.54 Å². The number of carbonyl (C=O) groups is 1. The van der Waals surface area contributed by atoms with E-state index in [2.05, 4.69) is 5.32 Å². The molecule has 3 nitrogen and oxygen atoms in total. The van der Waals surface area contributed by atoms with Gasteiger partial charge < -0.3 is 5.11 Å². The smallest absolute Gasteiger partial charge is 0.401 e. The Morgan fingerprint density at radius 3 is 2.06 bits per heavy atom. The minimum atomic E-state index is -4.38. The van der Waals surface area contributed by atoms with Gasteiger partial charge in [-0.1, -0.05) is 13.8 Å². The molecule has 0 aromatic heterocycles. The quantitative estimate of drug-likeness (QED) is 0.812. The van der Waals surface area contributed by atoms with Gasteiger partial charge in [-0.05, 0) is 31.1 Å². The van der Waals surface area contributed by atoms with E-state index in [9.17, 15) is 18.0 Å². The number of aliphatic carboxylic acids is 1. The Hall–Kier alpha value is -0.780. The van der Waals surface area contributed by atoms with Crippen LogP contribution in [-0.2, 0) is 4.79 Å². The highest BCUT2D eigenvalue weighted by Gasteiger charge is 2.45. The van der Waals surface area contributed by atoms with Gasteiger partial charge >= 0.3 is 12.1 Å². The fourth-order valence-electron chi connectivity index (χ4n) is 2.09. The number of rotatable bonds is 3. The molecule has 0 atom stereocenters. The molecule has 17 heavy (non-hydrogen) atoms. The third kappa shape index (κ3) is 3.87. The molecule has 1 rings (SSSR count). The predicted octanol–water partition coefficient (Wildman–Crippen LogP) is 2.56. The average Bonchev–Trinajstić information content (AvgIpc) is 2.15. The number of nitrogens with one attached hydrogen (secondary N) is 1. The van der Waals surface area contributed by atoms with E-state index in [1.54, 1.807) is 0 Å². The second kappa shape index (κ2) is 4.48. The molecule has 0 heterocycles. The van der Waals surface area contributed by atoms with Gasteiger partial charge in [0.15, 0.2) is 0 Å². The van der Waals surface area contributed by atoms with E-state index in [0.717, 1.165) is 0 Å². The summed E-state index contributed by atoms with van der Waals surface area (Å²) in [6, 6.07) is 0. The lowest BCUT2D eigenvalue weighted by molar-refractivity contribution is -0.153. The van der Waals surface area contributed by atoms with Crippen LogP contribution in [0.3, 0.4) is 0 Å². The first-order valence-electron chi connectivity index (χ1n) is 5.62. The third-order valence-electron chi connectivity index (χ3n) is 3.49. The van der Waals surface area contributed by atoms with Crippen LogP contribution >= 0.6 is 0 Å². The van der Waals surface area contributed by atoms with Gasteiger partial charge in [0, 0.05) is 0 Å². The fraction of sp³-hybridized carbons (Fsp3) is 0.909. The van der Waals surface area contributed by atoms with Crippen LogP contribution in [0.5, 0.6) is 0 Å². The van der Waals surface area contributed by atoms with Gasteiger partial charge in [-0.25, -0.2) is 0 Å². The number of halogens is 3. The van der Waals surface area contributed by atoms with Gasteiger partial charge in [0.25, 0.3) is 0 Å². The lowest BCUT2D eigenvalue weighted by Crippen LogP contribution is -2.57. The topological polar surface area (TPSA) is 49.3 Å². The summed E-state index contributed by atoms with van der Waals surface area (Å²) in [5, 5.41) is 11.3. The van der Waals surface area contributed by atoms with Crippen molar-refractivity contribution in [3.63, 3.8) is 0 Å². The first-order valence-corrected chi connectivity index (χ1v) is 5.62. The fourth-order valence-corrected chi connectivity index (χ4v) is 2.09. The summed E-state index contributed by atoms with van der Waals surface area (Å²) in [5.41, 5.74) is -1.40. The minimum absolute atomic E-state index is 0.0128. The van der Waals surface area contributed by atoms with Gasteiger partial charge in [-0.2, -0.15) is 13.2 Å². The molecule has 0 saturated heterocycles. The normalized spacial score (nSPS) is 23.4. The lowest BCUT2D eigenvalue weighted by atomic mass is 9.69. The summed E-state index contributed by atoms with van der Waals surface area (Å²) in [6.07, 6.45) is -2.67. The zero-order chi connectivity index (χ0) is 13.3. The molecule has 1 saturated carbocycles. The van der Waals surface area contributed by atoms with Crippen molar-refractivity contribution in [3.05, 3.63) is 0 Å². The second-order valence-corrected chi connectivity index (χ2v) is 5.52. The SMILES string of the molecule is CC1(C)CCC(NCC(F)(F)F)(C(=O)O)CC1. The monoisotopic (exact) mass is 253 g/mol. The van der Waals surface area contributed by atoms with Crippen LogP contribution in [0.2, 0.25) is 0 Å². The van der Waals surface area contributed by atoms with Crippen molar-refractivity contribution < 1.29 is 23.1 Å². The van der Waals surface area contributed by atoms with Crippen LogP contribution in [0.4, 0.5) is 13.2 Å². The zero-order valence-corrected chi connectivity index (χ0v) is 10.0. The maximum absolute atomic E-state index is 12.1. The predicted molar refractivity (Wildman–Crippen MR) is 56.7 cm³/mol. The van der Waals surface area contributed by atoms with Crippen LogP contribution in [-0.4, -0.2) is 29.3 Å². The molecule has 0 aromatic rings. The van der Waals surface area contributed by atoms with E-state index >= 15 is 0 Å². The molecule has 0 aliphatic heterocycles. The van der Waals surface area contributed by atoms with Crippen molar-refractivity contribution in [2.24, 2.45) is 5.41 Å². The standard InChI is InChI=1S/C11H18F3NO2/c1-9(2)3-5-10(6-4-9,8(16)17)15-7-11(12,13)14/h15H,3-7H2,1-2H3,(H,16,17). The first kappa shape index (κ1) is 14.3. The molecule has 1 aliphatic rings. The molecular weight excluding hydrogens is 235 g/mol. The molecule has 0 bridgehead atoms. The minimum Gasteiger partial charge on any atom is -0.480 e. The Bertz CT molecular complexity index is 290. The summed E-state index contributed by atoms with van der Waals surface area (Å²) in [5.74, 6) is -1.18. The Morgan fingerprint density at radius 2 is 1.71 bits per heavy atom. The van der Waals surface area contributed by atoms with Gasteiger partial charge in [-0.3, -0.25) is 10.1 Å². The summed E-state index contributed by atoms with van der Waals surface area (Å²) in [6.45, 7) is 2.75. The lowest BCUT2D eigenvalue weighted by Gasteiger charge is -2.41. The molecule has 0 amide bonds. The van der Waals surface area contributed by atoms with Crippen molar-refractivity contribution in [2.45, 2.75) is 51.2 Å². The summed E-state index contributed by atoms with van der Waals surface area (Å²) >= 11 is 0. The molecule has 2 N–H and O–H groups in total. The van der Waals surface area contributed by atoms with Crippen LogP contribution in [0, 0.1) is 5.41 Å². The maximum Gasteiger partial charge on any atom is 0.401 e. The van der Waals surface area contributed by atoms with Gasteiger partial charge in [0.05, 0.1) is 6.54 Å². The Balaban J connectivity index is 2.69. The van der Waals surface area contributed by atoms with E-state index in [0.29, 0.717) is 12.8 Å². The maximum atomic E-state index is 12.1. The van der Waals surface area contributed by atoms with Crippen LogP contribution in [0.25, 0.3) is 0 Å². The molecule has 0 aromatic carbocycles. The molecule has 0 spiro atoms. The largest absolute Gasteiger partial charge is 0.480 e. The van der Waals surface area contributed by atoms with Crippen LogP contribution in [0.1, 0.15) is 39.5 Å². The summed E-state index contributed by atoms with van der Waals surface area (Å²) < 4.78 is 36.4. The molecule has 1 fully saturated rings.